The Hall–Kier alpha value is -2.27. The summed E-state index contributed by atoms with van der Waals surface area (Å²) in [5.41, 5.74) is 1.88. The monoisotopic (exact) mass is 344 g/mol. The third-order valence-corrected chi connectivity index (χ3v) is 5.18. The Bertz CT molecular complexity index is 902. The number of benzene rings is 1. The fourth-order valence-electron chi connectivity index (χ4n) is 2.79. The van der Waals surface area contributed by atoms with Gasteiger partial charge >= 0.3 is 0 Å². The van der Waals surface area contributed by atoms with E-state index in [4.69, 9.17) is 4.74 Å². The maximum atomic E-state index is 15.0. The van der Waals surface area contributed by atoms with Gasteiger partial charge in [0.2, 0.25) is 17.0 Å². The van der Waals surface area contributed by atoms with Crippen molar-refractivity contribution >= 4 is 33.5 Å². The number of nitrogens with zero attached hydrogens (tertiary/aromatic N) is 2. The lowest BCUT2D eigenvalue weighted by molar-refractivity contribution is -0.695. The molecular weight excluding hydrogens is 323 g/mol. The summed E-state index contributed by atoms with van der Waals surface area (Å²) in [5.74, 6) is 0.570. The third-order valence-electron chi connectivity index (χ3n) is 4.02. The molecular formula is C19H21FN2OS+2. The summed E-state index contributed by atoms with van der Waals surface area (Å²) in [6.45, 7) is 5.60. The molecule has 0 amide bonds. The fraction of sp³-hybridized carbons (Fsp3) is 0.263. The summed E-state index contributed by atoms with van der Waals surface area (Å²) in [4.78, 5) is 0. The zero-order valence-corrected chi connectivity index (χ0v) is 14.9. The number of hydrogen-bond donors (Lipinski definition) is 0. The van der Waals surface area contributed by atoms with Gasteiger partial charge in [0.25, 0.3) is 5.01 Å². The number of halogens is 1. The number of aromatic nitrogens is 2. The van der Waals surface area contributed by atoms with Crippen molar-refractivity contribution < 1.29 is 18.3 Å². The van der Waals surface area contributed by atoms with Crippen LogP contribution in [0.2, 0.25) is 0 Å². The predicted molar refractivity (Wildman–Crippen MR) is 95.5 cm³/mol. The first-order chi connectivity index (χ1) is 11.7. The highest BCUT2D eigenvalue weighted by atomic mass is 32.1. The van der Waals surface area contributed by atoms with Gasteiger partial charge in [0, 0.05) is 24.3 Å². The fourth-order valence-corrected chi connectivity index (χ4v) is 3.95. The van der Waals surface area contributed by atoms with Gasteiger partial charge in [-0.3, -0.25) is 0 Å². The van der Waals surface area contributed by atoms with Gasteiger partial charge in [-0.1, -0.05) is 11.3 Å². The van der Waals surface area contributed by atoms with Crippen LogP contribution in [-0.2, 0) is 13.1 Å². The van der Waals surface area contributed by atoms with Crippen LogP contribution in [0.3, 0.4) is 0 Å². The van der Waals surface area contributed by atoms with Crippen molar-refractivity contribution in [2.75, 3.05) is 7.11 Å². The van der Waals surface area contributed by atoms with Gasteiger partial charge < -0.3 is 4.74 Å². The molecule has 1 aromatic carbocycles. The lowest BCUT2D eigenvalue weighted by Crippen LogP contribution is -2.36. The number of thiazole rings is 1. The van der Waals surface area contributed by atoms with Crippen molar-refractivity contribution in [3.63, 3.8) is 0 Å². The Kier molecular flexibility index (Phi) is 4.90. The summed E-state index contributed by atoms with van der Waals surface area (Å²) in [5, 5.41) is 0.632. The summed E-state index contributed by atoms with van der Waals surface area (Å²) in [6.07, 6.45) is 3.57. The van der Waals surface area contributed by atoms with Gasteiger partial charge in [-0.15, -0.1) is 0 Å². The lowest BCUT2D eigenvalue weighted by atomic mass is 10.3. The molecule has 0 spiro atoms. The zero-order valence-electron chi connectivity index (χ0n) is 14.1. The molecule has 0 radical (unpaired) electrons. The molecule has 0 aliphatic rings. The molecule has 5 heteroatoms. The molecule has 0 saturated heterocycles. The number of fused-ring (bicyclic) bond motifs is 1. The topological polar surface area (TPSA) is 17.0 Å². The molecule has 0 N–H and O–H groups in total. The van der Waals surface area contributed by atoms with Crippen LogP contribution in [0.1, 0.15) is 24.5 Å². The van der Waals surface area contributed by atoms with Crippen LogP contribution in [0.4, 0.5) is 4.39 Å². The second-order valence-corrected chi connectivity index (χ2v) is 6.42. The highest BCUT2D eigenvalue weighted by Crippen LogP contribution is 2.30. The maximum absolute atomic E-state index is 15.0. The molecule has 24 heavy (non-hydrogen) atoms. The predicted octanol–water partition coefficient (Wildman–Crippen LogP) is 3.99. The van der Waals surface area contributed by atoms with E-state index in [1.807, 2.05) is 65.6 Å². The van der Waals surface area contributed by atoms with Gasteiger partial charge in [0.15, 0.2) is 6.20 Å². The molecule has 0 aliphatic carbocycles. The molecule has 0 atom stereocenters. The number of hydrogen-bond acceptors (Lipinski definition) is 2. The number of methoxy groups -OCH3 is 1. The highest BCUT2D eigenvalue weighted by molar-refractivity contribution is 7.19. The van der Waals surface area contributed by atoms with Crippen molar-refractivity contribution in [1.82, 2.24) is 0 Å². The second-order valence-electron chi connectivity index (χ2n) is 5.39. The lowest BCUT2D eigenvalue weighted by Gasteiger charge is -1.98. The zero-order chi connectivity index (χ0) is 17.1. The average Bonchev–Trinajstić information content (AvgIpc) is 2.99. The number of ether oxygens (including phenoxy) is 1. The third kappa shape index (κ3) is 3.04. The van der Waals surface area contributed by atoms with E-state index in [1.54, 1.807) is 13.2 Å². The normalized spacial score (nSPS) is 11.9. The Morgan fingerprint density at radius 2 is 2.04 bits per heavy atom. The number of pyridine rings is 1. The van der Waals surface area contributed by atoms with Gasteiger partial charge in [-0.25, -0.2) is 0 Å². The molecule has 0 bridgehead atoms. The minimum absolute atomic E-state index is 0.217. The first-order valence-corrected chi connectivity index (χ1v) is 8.86. The maximum Gasteiger partial charge on any atom is 0.299 e. The summed E-state index contributed by atoms with van der Waals surface area (Å²) in [7, 11) is 1.64. The van der Waals surface area contributed by atoms with E-state index >= 15 is 4.39 Å². The van der Waals surface area contributed by atoms with Crippen LogP contribution in [0.15, 0.2) is 42.6 Å². The van der Waals surface area contributed by atoms with E-state index in [0.717, 1.165) is 28.2 Å². The molecule has 2 heterocycles. The molecule has 0 saturated carbocycles. The first kappa shape index (κ1) is 16.6. The van der Waals surface area contributed by atoms with Crippen LogP contribution < -0.4 is 13.9 Å². The van der Waals surface area contributed by atoms with Crippen molar-refractivity contribution in [2.45, 2.75) is 26.9 Å². The van der Waals surface area contributed by atoms with Crippen molar-refractivity contribution in [3.8, 4) is 5.75 Å². The van der Waals surface area contributed by atoms with Gasteiger partial charge in [0.1, 0.15) is 23.5 Å². The molecule has 2 aromatic heterocycles. The van der Waals surface area contributed by atoms with Gasteiger partial charge in [-0.2, -0.15) is 13.5 Å². The Balaban J connectivity index is 2.12. The molecule has 124 valence electrons. The van der Waals surface area contributed by atoms with Gasteiger partial charge in [-0.05, 0) is 26.0 Å². The van der Waals surface area contributed by atoms with E-state index in [0.29, 0.717) is 11.6 Å². The second kappa shape index (κ2) is 7.09. The summed E-state index contributed by atoms with van der Waals surface area (Å²) in [6, 6.07) is 11.7. The average molecular weight is 344 g/mol. The smallest absolute Gasteiger partial charge is 0.299 e. The molecule has 3 aromatic rings. The largest absolute Gasteiger partial charge is 0.497 e. The molecule has 3 rings (SSSR count). The van der Waals surface area contributed by atoms with Gasteiger partial charge in [0.05, 0.1) is 13.2 Å². The molecule has 0 unspecified atom stereocenters. The van der Waals surface area contributed by atoms with Crippen molar-refractivity contribution in [1.29, 1.82) is 0 Å². The van der Waals surface area contributed by atoms with E-state index in [1.165, 1.54) is 11.3 Å². The van der Waals surface area contributed by atoms with Crippen LogP contribution in [0.5, 0.6) is 5.75 Å². The highest BCUT2D eigenvalue weighted by Gasteiger charge is 2.24. The Morgan fingerprint density at radius 1 is 1.21 bits per heavy atom. The molecule has 0 fully saturated rings. The van der Waals surface area contributed by atoms with E-state index < -0.39 is 0 Å². The molecule has 3 nitrogen and oxygen atoms in total. The minimum atomic E-state index is -0.217. The van der Waals surface area contributed by atoms with Crippen molar-refractivity contribution in [3.05, 3.63) is 53.3 Å². The summed E-state index contributed by atoms with van der Waals surface area (Å²) >= 11 is 1.45. The van der Waals surface area contributed by atoms with Crippen LogP contribution in [0, 0.1) is 0 Å². The minimum Gasteiger partial charge on any atom is -0.497 e. The Morgan fingerprint density at radius 3 is 2.75 bits per heavy atom. The van der Waals surface area contributed by atoms with Crippen LogP contribution in [0.25, 0.3) is 22.1 Å². The van der Waals surface area contributed by atoms with Crippen molar-refractivity contribution in [2.24, 2.45) is 0 Å². The SMILES string of the molecule is CC[n+]1ccccc1C=C(F)c1sc2cc(OC)ccc2[n+]1CC. The number of rotatable bonds is 5. The van der Waals surface area contributed by atoms with E-state index in [-0.39, 0.29) is 5.83 Å². The van der Waals surface area contributed by atoms with E-state index in [9.17, 15) is 0 Å². The number of aryl methyl sites for hydroxylation is 2. The van der Waals surface area contributed by atoms with Crippen LogP contribution in [-0.4, -0.2) is 7.11 Å². The Labute approximate surface area is 145 Å². The molecule has 0 aliphatic heterocycles. The first-order valence-electron chi connectivity index (χ1n) is 8.04. The standard InChI is InChI=1S/C19H21FN2OS/c1-4-21-11-7-6-8-14(21)12-16(20)19-22(5-2)17-10-9-15(23-3)13-18(17)24-19/h6-13H,4-5H2,1-3H3/q+2. The quantitative estimate of drug-likeness (QED) is 0.640. The van der Waals surface area contributed by atoms with E-state index in [2.05, 4.69) is 0 Å². The van der Waals surface area contributed by atoms with Crippen LogP contribution >= 0.6 is 11.3 Å². The summed E-state index contributed by atoms with van der Waals surface area (Å²) < 4.78 is 25.3.